The Balaban J connectivity index is 0.000000104. The topological polar surface area (TPSA) is 116 Å². The van der Waals surface area contributed by atoms with Crippen LogP contribution in [0.5, 0.6) is 0 Å². The van der Waals surface area contributed by atoms with Gasteiger partial charge in [-0.3, -0.25) is 0 Å². The molecule has 0 N–H and O–H groups in total. The molecule has 12 heteroatoms. The number of hydrogen-bond donors (Lipinski definition) is 0. The van der Waals surface area contributed by atoms with Crippen molar-refractivity contribution in [3.05, 3.63) is 570 Å². The van der Waals surface area contributed by atoms with Gasteiger partial charge in [-0.2, -0.15) is 0 Å². The highest BCUT2D eigenvalue weighted by molar-refractivity contribution is 7.23. The van der Waals surface area contributed by atoms with Gasteiger partial charge in [-0.25, -0.2) is 44.9 Å². The minimum absolute atomic E-state index is 0.390. The van der Waals surface area contributed by atoms with Gasteiger partial charge in [0, 0.05) is 78.8 Å². The summed E-state index contributed by atoms with van der Waals surface area (Å²) < 4.78 is 3.99. The average molecular weight is 1960 g/mol. The first-order chi connectivity index (χ1) is 74.4. The van der Waals surface area contributed by atoms with Crippen LogP contribution in [0.25, 0.3) is 220 Å². The van der Waals surface area contributed by atoms with E-state index in [0.717, 1.165) is 66.8 Å². The minimum atomic E-state index is -0.439. The Hall–Kier alpha value is -18.7. The molecule has 0 bridgehead atoms. The van der Waals surface area contributed by atoms with Gasteiger partial charge in [0.1, 0.15) is 0 Å². The van der Waals surface area contributed by atoms with E-state index in [1.165, 1.54) is 167 Å². The molecule has 0 fully saturated rings. The van der Waals surface area contributed by atoms with Gasteiger partial charge < -0.3 is 0 Å². The average Bonchev–Trinajstić information content (AvgIpc) is 1.50. The van der Waals surface area contributed by atoms with Crippen molar-refractivity contribution in [3.63, 3.8) is 0 Å². The number of aromatic nitrogens is 9. The van der Waals surface area contributed by atoms with Crippen LogP contribution in [0.2, 0.25) is 0 Å². The van der Waals surface area contributed by atoms with E-state index in [2.05, 4.69) is 370 Å². The molecule has 3 spiro atoms. The second-order valence-corrected chi connectivity index (χ2v) is 42.1. The van der Waals surface area contributed by atoms with Crippen LogP contribution in [0.1, 0.15) is 66.8 Å². The Morgan fingerprint density at radius 2 is 0.380 bits per heavy atom. The van der Waals surface area contributed by atoms with E-state index in [9.17, 15) is 0 Å². The van der Waals surface area contributed by atoms with Gasteiger partial charge in [0.2, 0.25) is 0 Å². The van der Waals surface area contributed by atoms with E-state index in [4.69, 9.17) is 44.9 Å². The zero-order valence-electron chi connectivity index (χ0n) is 80.7. The molecule has 3 atom stereocenters. The minimum Gasteiger partial charge on any atom is -0.208 e. The first-order valence-electron chi connectivity index (χ1n) is 50.8. The van der Waals surface area contributed by atoms with Crippen LogP contribution in [-0.2, 0) is 16.2 Å². The zero-order chi connectivity index (χ0) is 98.7. The molecule has 6 aromatic heterocycles. The SMILES string of the molecule is c1ccc(-c2nc(-c3ccccc3)nc(-c3ccc4c(c3)C3(c5ccccc5-4)c4ccccc4-c4sc5ccccc5c43)n2)cc1.c1ccc(-c2nc(-c3ccccc3)nc(-c3cccc(-c4cccc5c4-c4ccccc4C54c5ccccc5-c5sc6ccccc6c54)c3)n2)cc1.c1ccc(-c2nc(-c3ccccc3)nc(-c3ccccc3-c3ccc4c(c3)-c3ccccc3C43c4ccccc4-c4sc5ccccc5c43)n2)cc1. The maximum Gasteiger partial charge on any atom is 0.164 e. The maximum absolute atomic E-state index is 5.10. The second-order valence-electron chi connectivity index (χ2n) is 38.9. The van der Waals surface area contributed by atoms with Crippen molar-refractivity contribution in [2.45, 2.75) is 16.2 Å². The molecule has 6 heterocycles. The summed E-state index contributed by atoms with van der Waals surface area (Å²) in [5, 5.41) is 4.01. The lowest BCUT2D eigenvalue weighted by Gasteiger charge is -2.30. The molecule has 20 aromatic carbocycles. The molecule has 32 rings (SSSR count). The standard InChI is InChI=1S/2C48H29N3S.C42H25N3S/c1-3-15-30(16-4-1)45-49-46(31-17-5-2-6-18-31)51-47(50-45)33-20-13-19-32(29-33)34-24-14-27-40-42(34)35-21-7-10-25-38(35)48(40)39-26-11-8-22-36(39)44-43(48)37-23-9-12-28-41(37)52-44;1-3-15-30(16-4-1)45-49-46(31-17-5-2-6-18-31)51-47(50-45)35-21-8-7-19-33(35)32-27-28-41-38(29-32)34-20-9-12-24-39(34)48(41)40-25-13-10-22-36(40)44-43(48)37-23-11-14-26-42(37)52-44;1-3-13-26(14-4-1)39-43-40(27-15-5-2-6-16-27)45-41(44-39)28-23-24-30-29-17-7-10-20-33(29)42(35(30)25-28)34-21-11-8-18-31(34)38-37(42)32-19-9-12-22-36(32)46-38/h2*1-29H;1-25H. The number of fused-ring (bicyclic) bond motifs is 36. The summed E-state index contributed by atoms with van der Waals surface area (Å²) in [6.45, 7) is 0. The lowest BCUT2D eigenvalue weighted by molar-refractivity contribution is 0.802. The third-order valence-corrected chi connectivity index (χ3v) is 34.7. The van der Waals surface area contributed by atoms with Gasteiger partial charge in [0.25, 0.3) is 0 Å². The third kappa shape index (κ3) is 13.2. The molecule has 26 aromatic rings. The maximum atomic E-state index is 5.10. The van der Waals surface area contributed by atoms with E-state index in [1.807, 2.05) is 167 Å². The van der Waals surface area contributed by atoms with Crippen molar-refractivity contribution in [3.8, 4) is 189 Å². The molecule has 0 saturated heterocycles. The van der Waals surface area contributed by atoms with Gasteiger partial charge >= 0.3 is 0 Å². The van der Waals surface area contributed by atoms with Crippen LogP contribution in [0, 0.1) is 0 Å². The van der Waals surface area contributed by atoms with E-state index in [1.54, 1.807) is 0 Å². The Morgan fingerprint density at radius 3 is 0.793 bits per heavy atom. The monoisotopic (exact) mass is 1960 g/mol. The fourth-order valence-corrected chi connectivity index (χ4v) is 28.8. The number of thiophene rings is 3. The van der Waals surface area contributed by atoms with E-state index < -0.39 is 10.8 Å². The Labute approximate surface area is 878 Å². The predicted octanol–water partition coefficient (Wildman–Crippen LogP) is 34.6. The number of benzene rings is 20. The molecule has 0 saturated carbocycles. The van der Waals surface area contributed by atoms with E-state index in [0.29, 0.717) is 52.4 Å². The lowest BCUT2D eigenvalue weighted by atomic mass is 9.70. The normalized spacial score (nSPS) is 15.1. The summed E-state index contributed by atoms with van der Waals surface area (Å²) in [6.07, 6.45) is 0. The molecule has 6 aliphatic rings. The number of rotatable bonds is 11. The van der Waals surface area contributed by atoms with E-state index >= 15 is 0 Å². The molecule has 150 heavy (non-hydrogen) atoms. The van der Waals surface area contributed by atoms with Crippen molar-refractivity contribution in [2.75, 3.05) is 0 Å². The largest absolute Gasteiger partial charge is 0.208 e. The highest BCUT2D eigenvalue weighted by Crippen LogP contribution is 2.71. The fourth-order valence-electron chi connectivity index (χ4n) is 24.9. The van der Waals surface area contributed by atoms with Crippen LogP contribution in [-0.4, -0.2) is 44.9 Å². The smallest absolute Gasteiger partial charge is 0.164 e. The summed E-state index contributed by atoms with van der Waals surface area (Å²) in [5.74, 6) is 5.93. The van der Waals surface area contributed by atoms with E-state index in [-0.39, 0.29) is 5.41 Å². The molecule has 0 radical (unpaired) electrons. The quantitative estimate of drug-likeness (QED) is 0.125. The Morgan fingerprint density at radius 1 is 0.133 bits per heavy atom. The highest BCUT2D eigenvalue weighted by Gasteiger charge is 2.57. The van der Waals surface area contributed by atoms with Gasteiger partial charge in [0.05, 0.1) is 16.2 Å². The first-order valence-corrected chi connectivity index (χ1v) is 53.2. The zero-order valence-corrected chi connectivity index (χ0v) is 83.1. The molecule has 698 valence electrons. The van der Waals surface area contributed by atoms with Crippen molar-refractivity contribution in [1.29, 1.82) is 0 Å². The number of hydrogen-bond acceptors (Lipinski definition) is 12. The summed E-state index contributed by atoms with van der Waals surface area (Å²) >= 11 is 5.74. The predicted molar refractivity (Wildman–Crippen MR) is 614 cm³/mol. The molecular weight excluding hydrogens is 1880 g/mol. The van der Waals surface area contributed by atoms with Crippen LogP contribution >= 0.6 is 34.0 Å². The van der Waals surface area contributed by atoms with Gasteiger partial charge in [-0.05, 0) is 192 Å². The van der Waals surface area contributed by atoms with Crippen molar-refractivity contribution < 1.29 is 0 Å². The molecule has 9 nitrogen and oxygen atoms in total. The van der Waals surface area contributed by atoms with Gasteiger partial charge in [-0.1, -0.05) is 467 Å². The second kappa shape index (κ2) is 34.8. The molecular formula is C138H83N9S3. The highest BCUT2D eigenvalue weighted by atomic mass is 32.1. The number of nitrogens with zero attached hydrogens (tertiary/aromatic N) is 9. The molecule has 6 aliphatic carbocycles. The summed E-state index contributed by atoms with van der Waals surface area (Å²) in [5.41, 5.74) is 39.9. The molecule has 3 unspecified atom stereocenters. The van der Waals surface area contributed by atoms with Crippen LogP contribution in [0.3, 0.4) is 0 Å². The van der Waals surface area contributed by atoms with Gasteiger partial charge in [-0.15, -0.1) is 34.0 Å². The van der Waals surface area contributed by atoms with Crippen LogP contribution in [0.4, 0.5) is 0 Å². The summed E-state index contributed by atoms with van der Waals surface area (Å²) in [6, 6.07) is 180. The molecule has 0 aliphatic heterocycles. The Bertz CT molecular complexity index is 9830. The van der Waals surface area contributed by atoms with Crippen LogP contribution < -0.4 is 0 Å². The third-order valence-electron chi connectivity index (χ3n) is 31.1. The fraction of sp³-hybridized carbons (Fsp3) is 0.0217. The lowest BCUT2D eigenvalue weighted by Crippen LogP contribution is -2.25. The van der Waals surface area contributed by atoms with Gasteiger partial charge in [0.15, 0.2) is 52.4 Å². The van der Waals surface area contributed by atoms with Crippen LogP contribution in [0.15, 0.2) is 504 Å². The van der Waals surface area contributed by atoms with Crippen molar-refractivity contribution in [2.24, 2.45) is 0 Å². The summed E-state index contributed by atoms with van der Waals surface area (Å²) in [4.78, 5) is 49.4. The van der Waals surface area contributed by atoms with Crippen molar-refractivity contribution in [1.82, 2.24) is 44.9 Å². The van der Waals surface area contributed by atoms with Crippen molar-refractivity contribution >= 4 is 64.3 Å². The Kier molecular flexibility index (Phi) is 20.1. The summed E-state index contributed by atoms with van der Waals surface area (Å²) in [7, 11) is 0. The molecule has 0 amide bonds. The first kappa shape index (κ1) is 86.8.